The summed E-state index contributed by atoms with van der Waals surface area (Å²) in [5, 5.41) is 0.573. The van der Waals surface area contributed by atoms with Crippen LogP contribution in [0.5, 0.6) is 0 Å². The van der Waals surface area contributed by atoms with Gasteiger partial charge in [-0.1, -0.05) is 18.5 Å². The van der Waals surface area contributed by atoms with Crippen LogP contribution in [-0.4, -0.2) is 28.2 Å². The van der Waals surface area contributed by atoms with Crippen LogP contribution in [-0.2, 0) is 14.3 Å². The average molecular weight is 417 g/mol. The van der Waals surface area contributed by atoms with Gasteiger partial charge in [-0.3, -0.25) is 9.59 Å². The molecular formula is C19H25ClO4S2. The molecule has 0 amide bonds. The number of benzene rings is 1. The molecule has 0 radical (unpaired) electrons. The van der Waals surface area contributed by atoms with E-state index in [1.165, 1.54) is 0 Å². The molecule has 0 fully saturated rings. The number of thiocarbonyl (C=S) groups is 1. The number of thioether (sulfide) groups is 1. The van der Waals surface area contributed by atoms with Gasteiger partial charge in [0.2, 0.25) is 4.38 Å². The van der Waals surface area contributed by atoms with E-state index < -0.39 is 10.9 Å². The summed E-state index contributed by atoms with van der Waals surface area (Å²) >= 11 is 12.2. The van der Waals surface area contributed by atoms with Crippen molar-refractivity contribution in [2.24, 2.45) is 11.3 Å². The van der Waals surface area contributed by atoms with Gasteiger partial charge in [-0.2, -0.15) is 0 Å². The van der Waals surface area contributed by atoms with E-state index in [9.17, 15) is 9.59 Å². The zero-order chi connectivity index (χ0) is 19.9. The molecule has 1 aromatic carbocycles. The number of carbonyl (C=O) groups excluding carboxylic acids is 2. The van der Waals surface area contributed by atoms with Crippen LogP contribution in [0.2, 0.25) is 5.02 Å². The normalized spacial score (nSPS) is 13.6. The summed E-state index contributed by atoms with van der Waals surface area (Å²) in [7, 11) is 0. The maximum atomic E-state index is 12.6. The molecule has 0 heterocycles. The van der Waals surface area contributed by atoms with Crippen LogP contribution in [0.25, 0.3) is 0 Å². The average Bonchev–Trinajstić information content (AvgIpc) is 2.54. The lowest BCUT2D eigenvalue weighted by Gasteiger charge is -2.24. The number of hydrogen-bond donors (Lipinski definition) is 0. The summed E-state index contributed by atoms with van der Waals surface area (Å²) in [5.74, 6) is -0.743. The third kappa shape index (κ3) is 7.64. The molecule has 2 unspecified atom stereocenters. The molecule has 0 spiro atoms. The van der Waals surface area contributed by atoms with E-state index in [-0.39, 0.29) is 17.7 Å². The number of carbonyl (C=O) groups is 2. The fraction of sp³-hybridized carbons (Fsp3) is 0.526. The monoisotopic (exact) mass is 416 g/mol. The molecule has 0 bridgehead atoms. The van der Waals surface area contributed by atoms with Gasteiger partial charge >= 0.3 is 5.97 Å². The third-order valence-corrected chi connectivity index (χ3v) is 4.98. The number of esters is 1. The Morgan fingerprint density at radius 1 is 1.23 bits per heavy atom. The van der Waals surface area contributed by atoms with E-state index in [0.29, 0.717) is 28.0 Å². The van der Waals surface area contributed by atoms with Gasteiger partial charge in [0.05, 0.1) is 12.0 Å². The molecule has 26 heavy (non-hydrogen) atoms. The minimum Gasteiger partial charge on any atom is -0.479 e. The van der Waals surface area contributed by atoms with Crippen LogP contribution in [0.3, 0.4) is 0 Å². The molecule has 7 heteroatoms. The smallest absolute Gasteiger partial charge is 0.312 e. The van der Waals surface area contributed by atoms with E-state index in [2.05, 4.69) is 0 Å². The lowest BCUT2D eigenvalue weighted by molar-refractivity contribution is -0.154. The summed E-state index contributed by atoms with van der Waals surface area (Å²) in [5.41, 5.74) is -0.664. The van der Waals surface area contributed by atoms with Gasteiger partial charge in [-0.05, 0) is 75.9 Å². The summed E-state index contributed by atoms with van der Waals surface area (Å²) in [6, 6.07) is 6.74. The topological polar surface area (TPSA) is 52.6 Å². The quantitative estimate of drug-likeness (QED) is 0.252. The maximum Gasteiger partial charge on any atom is 0.312 e. The number of hydrogen-bond acceptors (Lipinski definition) is 6. The summed E-state index contributed by atoms with van der Waals surface area (Å²) in [4.78, 5) is 24.9. The van der Waals surface area contributed by atoms with E-state index >= 15 is 0 Å². The standard InChI is InChI=1S/C19H25ClO4S2/c1-6-23-18(25)26-15(24-17(22)19(3,4)5)11-12(2)16(21)13-7-9-14(20)10-8-13/h7-10,12,15H,6,11H2,1-5H3. The number of ether oxygens (including phenoxy) is 2. The van der Waals surface area contributed by atoms with Crippen molar-refractivity contribution in [3.8, 4) is 0 Å². The van der Waals surface area contributed by atoms with Gasteiger partial charge in [0.1, 0.15) is 0 Å². The fourth-order valence-corrected chi connectivity index (χ4v) is 3.46. The van der Waals surface area contributed by atoms with E-state index in [1.807, 2.05) is 6.92 Å². The third-order valence-electron chi connectivity index (χ3n) is 3.46. The van der Waals surface area contributed by atoms with Crippen molar-refractivity contribution in [1.82, 2.24) is 0 Å². The lowest BCUT2D eigenvalue weighted by atomic mass is 9.96. The first-order valence-electron chi connectivity index (χ1n) is 8.38. The molecule has 0 aliphatic carbocycles. The van der Waals surface area contributed by atoms with Crippen molar-refractivity contribution in [2.75, 3.05) is 6.61 Å². The molecular weight excluding hydrogens is 392 g/mol. The first-order chi connectivity index (χ1) is 12.0. The number of rotatable bonds is 7. The zero-order valence-electron chi connectivity index (χ0n) is 15.7. The highest BCUT2D eigenvalue weighted by atomic mass is 35.5. The number of halogens is 1. The van der Waals surface area contributed by atoms with Crippen molar-refractivity contribution in [3.63, 3.8) is 0 Å². The van der Waals surface area contributed by atoms with Crippen LogP contribution in [0, 0.1) is 11.3 Å². The highest BCUT2D eigenvalue weighted by Crippen LogP contribution is 2.28. The Bertz CT molecular complexity index is 638. The molecule has 0 saturated heterocycles. The Kier molecular flexibility index (Phi) is 9.07. The summed E-state index contributed by atoms with van der Waals surface area (Å²) in [6.07, 6.45) is 0.334. The Hall–Kier alpha value is -1.11. The molecule has 2 atom stereocenters. The first kappa shape index (κ1) is 22.9. The van der Waals surface area contributed by atoms with Gasteiger partial charge < -0.3 is 9.47 Å². The van der Waals surface area contributed by atoms with Crippen molar-refractivity contribution < 1.29 is 19.1 Å². The Labute approximate surface area is 170 Å². The second kappa shape index (κ2) is 10.3. The summed E-state index contributed by atoms with van der Waals surface area (Å²) < 4.78 is 11.2. The predicted octanol–water partition coefficient (Wildman–Crippen LogP) is 5.52. The first-order valence-corrected chi connectivity index (χ1v) is 10.1. The van der Waals surface area contributed by atoms with Gasteiger partial charge in [-0.25, -0.2) is 0 Å². The molecule has 4 nitrogen and oxygen atoms in total. The van der Waals surface area contributed by atoms with E-state index in [1.54, 1.807) is 52.0 Å². The largest absolute Gasteiger partial charge is 0.479 e. The minimum atomic E-state index is -0.643. The molecule has 0 saturated carbocycles. The minimum absolute atomic E-state index is 0.0404. The predicted molar refractivity (Wildman–Crippen MR) is 111 cm³/mol. The maximum absolute atomic E-state index is 12.6. The highest BCUT2D eigenvalue weighted by Gasteiger charge is 2.30. The molecule has 0 aromatic heterocycles. The molecule has 1 rings (SSSR count). The molecule has 144 valence electrons. The van der Waals surface area contributed by atoms with Crippen LogP contribution >= 0.6 is 35.6 Å². The van der Waals surface area contributed by atoms with Crippen molar-refractivity contribution >= 4 is 51.7 Å². The number of ketones is 1. The Morgan fingerprint density at radius 3 is 2.31 bits per heavy atom. The molecule has 1 aromatic rings. The van der Waals surface area contributed by atoms with Crippen LogP contribution in [0.15, 0.2) is 24.3 Å². The van der Waals surface area contributed by atoms with Crippen molar-refractivity contribution in [2.45, 2.75) is 46.5 Å². The van der Waals surface area contributed by atoms with Gasteiger partial charge in [0, 0.05) is 22.9 Å². The van der Waals surface area contributed by atoms with Gasteiger partial charge in [0.25, 0.3) is 0 Å². The van der Waals surface area contributed by atoms with Crippen LogP contribution < -0.4 is 0 Å². The Morgan fingerprint density at radius 2 is 1.81 bits per heavy atom. The molecule has 0 N–H and O–H groups in total. The van der Waals surface area contributed by atoms with Crippen molar-refractivity contribution in [1.29, 1.82) is 0 Å². The van der Waals surface area contributed by atoms with E-state index in [0.717, 1.165) is 11.8 Å². The number of Topliss-reactive ketones (excluding diaryl/α,β-unsaturated/α-hetero) is 1. The Balaban J connectivity index is 2.84. The highest BCUT2D eigenvalue weighted by molar-refractivity contribution is 8.22. The second-order valence-electron chi connectivity index (χ2n) is 6.89. The van der Waals surface area contributed by atoms with Crippen LogP contribution in [0.4, 0.5) is 0 Å². The summed E-state index contributed by atoms with van der Waals surface area (Å²) in [6.45, 7) is 9.40. The van der Waals surface area contributed by atoms with Gasteiger partial charge in [0.15, 0.2) is 11.2 Å². The zero-order valence-corrected chi connectivity index (χ0v) is 18.1. The van der Waals surface area contributed by atoms with E-state index in [4.69, 9.17) is 33.3 Å². The second-order valence-corrected chi connectivity index (χ2v) is 9.09. The van der Waals surface area contributed by atoms with Crippen molar-refractivity contribution in [3.05, 3.63) is 34.9 Å². The lowest BCUT2D eigenvalue weighted by Crippen LogP contribution is -2.29. The SMILES string of the molecule is CCOC(=S)SC(CC(C)C(=O)c1ccc(Cl)cc1)OC(=O)C(C)(C)C. The molecule has 0 aliphatic heterocycles. The molecule has 0 aliphatic rings. The fourth-order valence-electron chi connectivity index (χ4n) is 1.97. The van der Waals surface area contributed by atoms with Crippen LogP contribution in [0.1, 0.15) is 51.4 Å². The van der Waals surface area contributed by atoms with Gasteiger partial charge in [-0.15, -0.1) is 0 Å².